The van der Waals surface area contributed by atoms with Crippen LogP contribution in [-0.2, 0) is 12.8 Å². The van der Waals surface area contributed by atoms with Crippen molar-refractivity contribution >= 4 is 0 Å². The molecule has 1 saturated carbocycles. The molecule has 0 aliphatic heterocycles. The highest BCUT2D eigenvalue weighted by Crippen LogP contribution is 2.40. The normalized spacial score (nSPS) is 20.9. The summed E-state index contributed by atoms with van der Waals surface area (Å²) in [6.07, 6.45) is 3.22. The largest absolute Gasteiger partial charge is 0.316 e. The highest BCUT2D eigenvalue weighted by molar-refractivity contribution is 5.31. The minimum atomic E-state index is -0.165. The van der Waals surface area contributed by atoms with Gasteiger partial charge in [-0.25, -0.2) is 4.39 Å². The van der Waals surface area contributed by atoms with Crippen LogP contribution < -0.4 is 5.32 Å². The Morgan fingerprint density at radius 3 is 2.00 bits per heavy atom. The summed E-state index contributed by atoms with van der Waals surface area (Å²) in [7, 11) is 2.03. The van der Waals surface area contributed by atoms with E-state index < -0.39 is 0 Å². The van der Waals surface area contributed by atoms with Crippen molar-refractivity contribution in [2.45, 2.75) is 31.2 Å². The monoisotopic (exact) mass is 269 g/mol. The van der Waals surface area contributed by atoms with Gasteiger partial charge in [-0.2, -0.15) is 0 Å². The van der Waals surface area contributed by atoms with Gasteiger partial charge in [0, 0.05) is 12.0 Å². The molecule has 1 aliphatic carbocycles. The van der Waals surface area contributed by atoms with Crippen LogP contribution in [0.5, 0.6) is 0 Å². The zero-order chi connectivity index (χ0) is 13.9. The van der Waals surface area contributed by atoms with E-state index in [4.69, 9.17) is 0 Å². The number of hydrogen-bond acceptors (Lipinski definition) is 1. The molecule has 2 unspecified atom stereocenters. The van der Waals surface area contributed by atoms with Crippen LogP contribution in [0.2, 0.25) is 0 Å². The van der Waals surface area contributed by atoms with Gasteiger partial charge in [-0.15, -0.1) is 0 Å². The topological polar surface area (TPSA) is 12.0 Å². The first-order valence-corrected chi connectivity index (χ1v) is 7.27. The average Bonchev–Trinajstić information content (AvgIpc) is 3.27. The Bertz CT molecular complexity index is 559. The Morgan fingerprint density at radius 1 is 0.950 bits per heavy atom. The molecule has 1 N–H and O–H groups in total. The van der Waals surface area contributed by atoms with Crippen molar-refractivity contribution in [3.63, 3.8) is 0 Å². The molecule has 3 rings (SSSR count). The second kappa shape index (κ2) is 5.76. The summed E-state index contributed by atoms with van der Waals surface area (Å²) in [6, 6.07) is 16.4. The van der Waals surface area contributed by atoms with E-state index in [9.17, 15) is 4.39 Å². The van der Waals surface area contributed by atoms with Crippen molar-refractivity contribution in [2.75, 3.05) is 7.05 Å². The lowest BCUT2D eigenvalue weighted by molar-refractivity contribution is 0.627. The molecule has 0 bridgehead atoms. The molecule has 0 saturated heterocycles. The summed E-state index contributed by atoms with van der Waals surface area (Å²) >= 11 is 0. The van der Waals surface area contributed by atoms with Crippen LogP contribution in [0.15, 0.2) is 48.5 Å². The van der Waals surface area contributed by atoms with Gasteiger partial charge in [-0.05, 0) is 55.1 Å². The SMILES string of the molecule is CNC1CC1c1ccc(CCc2ccc(F)cc2)cc1. The fourth-order valence-electron chi connectivity index (χ4n) is 2.75. The van der Waals surface area contributed by atoms with Crippen LogP contribution in [0.25, 0.3) is 0 Å². The Balaban J connectivity index is 1.57. The summed E-state index contributed by atoms with van der Waals surface area (Å²) in [5, 5.41) is 3.32. The minimum absolute atomic E-state index is 0.165. The zero-order valence-corrected chi connectivity index (χ0v) is 11.8. The van der Waals surface area contributed by atoms with Crippen LogP contribution in [-0.4, -0.2) is 13.1 Å². The summed E-state index contributed by atoms with van der Waals surface area (Å²) in [5.41, 5.74) is 3.97. The van der Waals surface area contributed by atoms with Crippen LogP contribution >= 0.6 is 0 Å². The van der Waals surface area contributed by atoms with Crippen LogP contribution in [0.1, 0.15) is 29.0 Å². The Kier molecular flexibility index (Phi) is 3.83. The molecule has 0 spiro atoms. The maximum absolute atomic E-state index is 12.8. The number of hydrogen-bond donors (Lipinski definition) is 1. The molecule has 2 atom stereocenters. The lowest BCUT2D eigenvalue weighted by Gasteiger charge is -2.05. The molecule has 2 aromatic rings. The van der Waals surface area contributed by atoms with Gasteiger partial charge >= 0.3 is 0 Å². The number of halogens is 1. The number of benzene rings is 2. The summed E-state index contributed by atoms with van der Waals surface area (Å²) in [4.78, 5) is 0. The van der Waals surface area contributed by atoms with E-state index in [0.717, 1.165) is 12.8 Å². The number of rotatable bonds is 5. The predicted octanol–water partition coefficient (Wildman–Crippen LogP) is 3.69. The Morgan fingerprint density at radius 2 is 1.50 bits per heavy atom. The van der Waals surface area contributed by atoms with Crippen LogP contribution in [0, 0.1) is 5.82 Å². The fourth-order valence-corrected chi connectivity index (χ4v) is 2.75. The van der Waals surface area contributed by atoms with E-state index in [1.54, 1.807) is 0 Å². The van der Waals surface area contributed by atoms with Crippen molar-refractivity contribution in [1.82, 2.24) is 5.32 Å². The third kappa shape index (κ3) is 3.07. The lowest BCUT2D eigenvalue weighted by atomic mass is 10.0. The number of likely N-dealkylation sites (N-methyl/N-ethyl adjacent to an activating group) is 1. The van der Waals surface area contributed by atoms with Crippen LogP contribution in [0.4, 0.5) is 4.39 Å². The van der Waals surface area contributed by atoms with Crippen molar-refractivity contribution in [2.24, 2.45) is 0 Å². The van der Waals surface area contributed by atoms with E-state index >= 15 is 0 Å². The van der Waals surface area contributed by atoms with Crippen LogP contribution in [0.3, 0.4) is 0 Å². The van der Waals surface area contributed by atoms with Gasteiger partial charge in [0.2, 0.25) is 0 Å². The van der Waals surface area contributed by atoms with Gasteiger partial charge in [-0.1, -0.05) is 36.4 Å². The molecule has 0 heterocycles. The second-order valence-corrected chi connectivity index (χ2v) is 5.61. The van der Waals surface area contributed by atoms with Gasteiger partial charge in [0.15, 0.2) is 0 Å². The number of nitrogens with one attached hydrogen (secondary N) is 1. The van der Waals surface area contributed by atoms with Gasteiger partial charge in [0.1, 0.15) is 5.82 Å². The van der Waals surface area contributed by atoms with Crippen molar-refractivity contribution in [1.29, 1.82) is 0 Å². The molecular formula is C18H20FN. The first kappa shape index (κ1) is 13.3. The first-order valence-electron chi connectivity index (χ1n) is 7.27. The van der Waals surface area contributed by atoms with Crippen molar-refractivity contribution < 1.29 is 4.39 Å². The van der Waals surface area contributed by atoms with E-state index in [-0.39, 0.29) is 5.82 Å². The summed E-state index contributed by atoms with van der Waals surface area (Å²) in [5.74, 6) is 0.535. The quantitative estimate of drug-likeness (QED) is 0.873. The van der Waals surface area contributed by atoms with E-state index in [0.29, 0.717) is 12.0 Å². The molecule has 104 valence electrons. The smallest absolute Gasteiger partial charge is 0.123 e. The third-order valence-electron chi connectivity index (χ3n) is 4.18. The van der Waals surface area contributed by atoms with Gasteiger partial charge in [0.25, 0.3) is 0 Å². The molecule has 0 radical (unpaired) electrons. The summed E-state index contributed by atoms with van der Waals surface area (Å²) in [6.45, 7) is 0. The molecule has 1 fully saturated rings. The van der Waals surface area contributed by atoms with Crippen molar-refractivity contribution in [3.05, 3.63) is 71.0 Å². The molecule has 0 amide bonds. The Labute approximate surface area is 119 Å². The highest BCUT2D eigenvalue weighted by Gasteiger charge is 2.36. The van der Waals surface area contributed by atoms with Gasteiger partial charge in [0.05, 0.1) is 0 Å². The lowest BCUT2D eigenvalue weighted by Crippen LogP contribution is -2.10. The standard InChI is InChI=1S/C18H20FN/c1-20-18-12-17(18)15-8-4-13(5-9-15)2-3-14-6-10-16(19)11-7-14/h4-11,17-18,20H,2-3,12H2,1H3. The third-order valence-corrected chi connectivity index (χ3v) is 4.18. The average molecular weight is 269 g/mol. The van der Waals surface area contributed by atoms with Gasteiger partial charge < -0.3 is 5.32 Å². The second-order valence-electron chi connectivity index (χ2n) is 5.61. The molecule has 2 aromatic carbocycles. The molecule has 2 heteroatoms. The minimum Gasteiger partial charge on any atom is -0.316 e. The molecule has 1 nitrogen and oxygen atoms in total. The first-order chi connectivity index (χ1) is 9.76. The molecular weight excluding hydrogens is 249 g/mol. The molecule has 1 aliphatic rings. The predicted molar refractivity (Wildman–Crippen MR) is 80.5 cm³/mol. The molecule has 20 heavy (non-hydrogen) atoms. The summed E-state index contributed by atoms with van der Waals surface area (Å²) < 4.78 is 12.8. The van der Waals surface area contributed by atoms with Crippen molar-refractivity contribution in [3.8, 4) is 0 Å². The van der Waals surface area contributed by atoms with E-state index in [1.807, 2.05) is 19.2 Å². The van der Waals surface area contributed by atoms with Gasteiger partial charge in [-0.3, -0.25) is 0 Å². The van der Waals surface area contributed by atoms with E-state index in [1.165, 1.54) is 35.2 Å². The maximum Gasteiger partial charge on any atom is 0.123 e. The zero-order valence-electron chi connectivity index (χ0n) is 11.8. The van der Waals surface area contributed by atoms with E-state index in [2.05, 4.69) is 29.6 Å². The number of aryl methyl sites for hydroxylation is 2. The fraction of sp³-hybridized carbons (Fsp3) is 0.333. The maximum atomic E-state index is 12.8. The Hall–Kier alpha value is -1.67. The molecule has 0 aromatic heterocycles. The highest BCUT2D eigenvalue weighted by atomic mass is 19.1.